The van der Waals surface area contributed by atoms with E-state index in [0.29, 0.717) is 5.92 Å². The molecule has 19 heavy (non-hydrogen) atoms. The Labute approximate surface area is 118 Å². The molecule has 0 amide bonds. The first kappa shape index (κ1) is 14.6. The van der Waals surface area contributed by atoms with Crippen molar-refractivity contribution in [3.05, 3.63) is 35.9 Å². The summed E-state index contributed by atoms with van der Waals surface area (Å²) < 4.78 is 0. The number of hydrogen-bond acceptors (Lipinski definition) is 1. The SMILES string of the molecule is CC(C)(C)NCC(c1ccccc1)C1CCCCC1. The van der Waals surface area contributed by atoms with Gasteiger partial charge in [-0.3, -0.25) is 0 Å². The van der Waals surface area contributed by atoms with Gasteiger partial charge in [0.25, 0.3) is 0 Å². The summed E-state index contributed by atoms with van der Waals surface area (Å²) in [6.45, 7) is 7.89. The largest absolute Gasteiger partial charge is 0.311 e. The molecule has 1 heteroatoms. The van der Waals surface area contributed by atoms with Crippen LogP contribution in [-0.2, 0) is 0 Å². The van der Waals surface area contributed by atoms with E-state index >= 15 is 0 Å². The van der Waals surface area contributed by atoms with Gasteiger partial charge in [-0.2, -0.15) is 0 Å². The number of benzene rings is 1. The molecule has 0 heterocycles. The maximum atomic E-state index is 3.72. The highest BCUT2D eigenvalue weighted by Gasteiger charge is 2.26. The van der Waals surface area contributed by atoms with Crippen LogP contribution in [0, 0.1) is 5.92 Å². The molecule has 0 saturated heterocycles. The van der Waals surface area contributed by atoms with Crippen molar-refractivity contribution >= 4 is 0 Å². The summed E-state index contributed by atoms with van der Waals surface area (Å²) in [4.78, 5) is 0. The fourth-order valence-electron chi connectivity index (χ4n) is 3.21. The minimum atomic E-state index is 0.210. The van der Waals surface area contributed by atoms with Gasteiger partial charge in [0, 0.05) is 12.1 Å². The zero-order valence-electron chi connectivity index (χ0n) is 12.8. The van der Waals surface area contributed by atoms with E-state index < -0.39 is 0 Å². The highest BCUT2D eigenvalue weighted by Crippen LogP contribution is 2.35. The van der Waals surface area contributed by atoms with Gasteiger partial charge in [-0.1, -0.05) is 49.6 Å². The molecule has 1 fully saturated rings. The van der Waals surface area contributed by atoms with E-state index in [1.807, 2.05) is 0 Å². The molecule has 1 aliphatic carbocycles. The Morgan fingerprint density at radius 3 is 2.26 bits per heavy atom. The van der Waals surface area contributed by atoms with Gasteiger partial charge in [0.15, 0.2) is 0 Å². The molecule has 0 spiro atoms. The Morgan fingerprint density at radius 1 is 1.05 bits per heavy atom. The van der Waals surface area contributed by atoms with Gasteiger partial charge in [-0.05, 0) is 51.0 Å². The normalized spacial score (nSPS) is 19.3. The molecule has 0 aliphatic heterocycles. The summed E-state index contributed by atoms with van der Waals surface area (Å²) in [7, 11) is 0. The van der Waals surface area contributed by atoms with Crippen molar-refractivity contribution < 1.29 is 0 Å². The van der Waals surface area contributed by atoms with Crippen LogP contribution in [0.15, 0.2) is 30.3 Å². The lowest BCUT2D eigenvalue weighted by Gasteiger charge is -2.33. The predicted octanol–water partition coefficient (Wildman–Crippen LogP) is 4.74. The first-order valence-corrected chi connectivity index (χ1v) is 7.86. The van der Waals surface area contributed by atoms with Crippen LogP contribution >= 0.6 is 0 Å². The summed E-state index contributed by atoms with van der Waals surface area (Å²) >= 11 is 0. The molecule has 1 unspecified atom stereocenters. The van der Waals surface area contributed by atoms with Crippen LogP contribution < -0.4 is 5.32 Å². The van der Waals surface area contributed by atoms with E-state index in [1.54, 1.807) is 0 Å². The molecule has 1 atom stereocenters. The molecular weight excluding hydrogens is 230 g/mol. The fraction of sp³-hybridized carbons (Fsp3) is 0.667. The first-order valence-electron chi connectivity index (χ1n) is 7.86. The van der Waals surface area contributed by atoms with E-state index in [0.717, 1.165) is 12.5 Å². The molecule has 1 aliphatic rings. The van der Waals surface area contributed by atoms with Gasteiger partial charge >= 0.3 is 0 Å². The second kappa shape index (κ2) is 6.56. The third-order valence-corrected chi connectivity index (χ3v) is 4.30. The van der Waals surface area contributed by atoms with Gasteiger partial charge in [0.05, 0.1) is 0 Å². The van der Waals surface area contributed by atoms with Crippen LogP contribution in [0.4, 0.5) is 0 Å². The standard InChI is InChI=1S/C18H29N/c1-18(2,3)19-14-17(15-10-6-4-7-11-15)16-12-8-5-9-13-16/h4,6-7,10-11,16-17,19H,5,8-9,12-14H2,1-3H3. The van der Waals surface area contributed by atoms with Crippen molar-refractivity contribution in [3.63, 3.8) is 0 Å². The summed E-state index contributed by atoms with van der Waals surface area (Å²) in [5.41, 5.74) is 1.73. The Balaban J connectivity index is 2.08. The molecule has 106 valence electrons. The van der Waals surface area contributed by atoms with E-state index in [1.165, 1.54) is 37.7 Å². The van der Waals surface area contributed by atoms with Gasteiger partial charge in [0.1, 0.15) is 0 Å². The fourth-order valence-corrected chi connectivity index (χ4v) is 3.21. The van der Waals surface area contributed by atoms with Crippen molar-refractivity contribution in [2.24, 2.45) is 5.92 Å². The molecular formula is C18H29N. The third kappa shape index (κ3) is 4.65. The number of nitrogens with one attached hydrogen (secondary N) is 1. The Morgan fingerprint density at radius 2 is 1.68 bits per heavy atom. The van der Waals surface area contributed by atoms with Gasteiger partial charge in [-0.25, -0.2) is 0 Å². The zero-order chi connectivity index (χ0) is 13.7. The average Bonchev–Trinajstić information content (AvgIpc) is 2.40. The van der Waals surface area contributed by atoms with Crippen molar-refractivity contribution in [1.29, 1.82) is 0 Å². The second-order valence-corrected chi connectivity index (χ2v) is 7.05. The first-order chi connectivity index (χ1) is 9.06. The van der Waals surface area contributed by atoms with Crippen molar-refractivity contribution in [3.8, 4) is 0 Å². The molecule has 1 N–H and O–H groups in total. The van der Waals surface area contributed by atoms with Crippen LogP contribution in [-0.4, -0.2) is 12.1 Å². The van der Waals surface area contributed by atoms with Crippen LogP contribution in [0.3, 0.4) is 0 Å². The quantitative estimate of drug-likeness (QED) is 0.823. The Kier molecular flexibility index (Phi) is 5.04. The molecule has 0 bridgehead atoms. The Hall–Kier alpha value is -0.820. The summed E-state index contributed by atoms with van der Waals surface area (Å²) in [5, 5.41) is 3.72. The van der Waals surface area contributed by atoms with E-state index in [2.05, 4.69) is 56.4 Å². The highest BCUT2D eigenvalue weighted by molar-refractivity contribution is 5.21. The molecule has 1 saturated carbocycles. The lowest BCUT2D eigenvalue weighted by molar-refractivity contribution is 0.280. The highest BCUT2D eigenvalue weighted by atomic mass is 14.9. The lowest BCUT2D eigenvalue weighted by Crippen LogP contribution is -2.40. The third-order valence-electron chi connectivity index (χ3n) is 4.30. The predicted molar refractivity (Wildman–Crippen MR) is 83.5 cm³/mol. The molecule has 0 aromatic heterocycles. The van der Waals surface area contributed by atoms with Crippen molar-refractivity contribution in [1.82, 2.24) is 5.32 Å². The minimum Gasteiger partial charge on any atom is -0.311 e. The van der Waals surface area contributed by atoms with Crippen LogP contribution in [0.2, 0.25) is 0 Å². The monoisotopic (exact) mass is 259 g/mol. The topological polar surface area (TPSA) is 12.0 Å². The van der Waals surface area contributed by atoms with Crippen LogP contribution in [0.5, 0.6) is 0 Å². The average molecular weight is 259 g/mol. The van der Waals surface area contributed by atoms with Crippen LogP contribution in [0.25, 0.3) is 0 Å². The molecule has 1 aromatic carbocycles. The lowest BCUT2D eigenvalue weighted by atomic mass is 9.76. The number of hydrogen-bond donors (Lipinski definition) is 1. The van der Waals surface area contributed by atoms with Crippen molar-refractivity contribution in [2.45, 2.75) is 64.3 Å². The smallest absolute Gasteiger partial charge is 0.00967 e. The molecule has 1 nitrogen and oxygen atoms in total. The summed E-state index contributed by atoms with van der Waals surface area (Å²) in [6, 6.07) is 11.1. The summed E-state index contributed by atoms with van der Waals surface area (Å²) in [5.74, 6) is 1.55. The summed E-state index contributed by atoms with van der Waals surface area (Å²) in [6.07, 6.45) is 7.09. The van der Waals surface area contributed by atoms with Crippen LogP contribution in [0.1, 0.15) is 64.4 Å². The van der Waals surface area contributed by atoms with Gasteiger partial charge in [-0.15, -0.1) is 0 Å². The molecule has 0 radical (unpaired) electrons. The number of rotatable bonds is 4. The maximum absolute atomic E-state index is 3.72. The molecule has 1 aromatic rings. The zero-order valence-corrected chi connectivity index (χ0v) is 12.8. The van der Waals surface area contributed by atoms with Crippen molar-refractivity contribution in [2.75, 3.05) is 6.54 Å². The maximum Gasteiger partial charge on any atom is 0.00967 e. The second-order valence-electron chi connectivity index (χ2n) is 7.05. The van der Waals surface area contributed by atoms with E-state index in [9.17, 15) is 0 Å². The molecule has 2 rings (SSSR count). The minimum absolute atomic E-state index is 0.210. The van der Waals surface area contributed by atoms with E-state index in [4.69, 9.17) is 0 Å². The Bertz CT molecular complexity index is 357. The van der Waals surface area contributed by atoms with Gasteiger partial charge in [0.2, 0.25) is 0 Å². The van der Waals surface area contributed by atoms with Gasteiger partial charge < -0.3 is 5.32 Å². The van der Waals surface area contributed by atoms with E-state index in [-0.39, 0.29) is 5.54 Å².